The van der Waals surface area contributed by atoms with E-state index in [0.717, 1.165) is 16.4 Å². The third-order valence-electron chi connectivity index (χ3n) is 4.14. The van der Waals surface area contributed by atoms with E-state index in [-0.39, 0.29) is 22.1 Å². The summed E-state index contributed by atoms with van der Waals surface area (Å²) in [6, 6.07) is 11.1. The Labute approximate surface area is 177 Å². The quantitative estimate of drug-likeness (QED) is 0.334. The maximum atomic E-state index is 12.0. The lowest BCUT2D eigenvalue weighted by atomic mass is 10.0. The van der Waals surface area contributed by atoms with Gasteiger partial charge in [0.05, 0.1) is 17.6 Å². The van der Waals surface area contributed by atoms with Crippen LogP contribution in [0.15, 0.2) is 54.7 Å². The molecule has 9 nitrogen and oxygen atoms in total. The maximum absolute atomic E-state index is 12.0. The van der Waals surface area contributed by atoms with E-state index in [1.807, 2.05) is 0 Å². The first-order valence-electron chi connectivity index (χ1n) is 8.22. The molecule has 1 heterocycles. The number of anilines is 2. The molecule has 5 N–H and O–H groups in total. The number of aromatic carboxylic acids is 1. The average Bonchev–Trinajstić information content (AvgIpc) is 2.69. The second-order valence-electron chi connectivity index (χ2n) is 6.01. The third kappa shape index (κ3) is 4.25. The SMILES string of the molecule is NC(=O)c1ccc(-c2cc(N(c3ccc(C(=O)O)c(O)c3)S(=O)O)cnc2Cl)cc1. The molecule has 0 radical (unpaired) electrons. The Morgan fingerprint density at radius 3 is 2.27 bits per heavy atom. The average molecular weight is 448 g/mol. The van der Waals surface area contributed by atoms with Crippen LogP contribution in [0.5, 0.6) is 5.75 Å². The highest BCUT2D eigenvalue weighted by Crippen LogP contribution is 2.35. The number of carbonyl (C=O) groups is 2. The van der Waals surface area contributed by atoms with Crippen molar-refractivity contribution in [2.75, 3.05) is 4.31 Å². The van der Waals surface area contributed by atoms with Crippen LogP contribution in [0.1, 0.15) is 20.7 Å². The highest BCUT2D eigenvalue weighted by Gasteiger charge is 2.20. The molecular formula is C19H14ClN3O6S. The standard InChI is InChI=1S/C19H14ClN3O6S/c20-17-15(10-1-3-11(4-2-10)18(21)25)7-13(9-22-17)23(30(28)29)12-5-6-14(19(26)27)16(24)8-12/h1-9,24H,(H2,21,25)(H,26,27)(H,28,29). The number of carboxylic acid groups (broad SMARTS) is 1. The number of aromatic nitrogens is 1. The van der Waals surface area contributed by atoms with Crippen molar-refractivity contribution in [2.45, 2.75) is 0 Å². The van der Waals surface area contributed by atoms with Gasteiger partial charge in [0.1, 0.15) is 16.5 Å². The Hall–Kier alpha value is -3.47. The second kappa shape index (κ2) is 8.49. The highest BCUT2D eigenvalue weighted by atomic mass is 35.5. The summed E-state index contributed by atoms with van der Waals surface area (Å²) in [5, 5.41) is 19.1. The van der Waals surface area contributed by atoms with Gasteiger partial charge in [-0.3, -0.25) is 9.35 Å². The van der Waals surface area contributed by atoms with E-state index in [4.69, 9.17) is 22.4 Å². The summed E-state index contributed by atoms with van der Waals surface area (Å²) in [5.41, 5.74) is 6.36. The molecule has 0 aliphatic heterocycles. The molecule has 11 heteroatoms. The molecule has 0 spiro atoms. The van der Waals surface area contributed by atoms with Crippen molar-refractivity contribution in [1.82, 2.24) is 4.98 Å². The number of hydrogen-bond acceptors (Lipinski definition) is 5. The van der Waals surface area contributed by atoms with Gasteiger partial charge in [0.25, 0.3) is 11.3 Å². The smallest absolute Gasteiger partial charge is 0.339 e. The zero-order chi connectivity index (χ0) is 22.0. The zero-order valence-corrected chi connectivity index (χ0v) is 16.6. The van der Waals surface area contributed by atoms with Crippen LogP contribution in [-0.2, 0) is 11.3 Å². The first-order valence-corrected chi connectivity index (χ1v) is 9.66. The van der Waals surface area contributed by atoms with Crippen LogP contribution in [0.4, 0.5) is 11.4 Å². The molecule has 30 heavy (non-hydrogen) atoms. The number of carbonyl (C=O) groups excluding carboxylic acids is 1. The number of rotatable bonds is 6. The van der Waals surface area contributed by atoms with Crippen LogP contribution >= 0.6 is 11.6 Å². The van der Waals surface area contributed by atoms with Crippen molar-refractivity contribution >= 4 is 46.1 Å². The summed E-state index contributed by atoms with van der Waals surface area (Å²) in [4.78, 5) is 26.4. The molecule has 0 bridgehead atoms. The molecule has 0 aliphatic rings. The molecule has 3 aromatic rings. The normalized spacial score (nSPS) is 11.7. The minimum atomic E-state index is -2.58. The van der Waals surface area contributed by atoms with Gasteiger partial charge in [-0.15, -0.1) is 0 Å². The van der Waals surface area contributed by atoms with E-state index in [9.17, 15) is 23.5 Å². The third-order valence-corrected chi connectivity index (χ3v) is 5.18. The predicted octanol–water partition coefficient (Wildman–Crippen LogP) is 3.18. The topological polar surface area (TPSA) is 154 Å². The van der Waals surface area contributed by atoms with Gasteiger partial charge in [-0.25, -0.2) is 18.3 Å². The Balaban J connectivity index is 2.07. The number of amides is 1. The largest absolute Gasteiger partial charge is 0.507 e. The molecule has 154 valence electrons. The molecule has 0 saturated carbocycles. The lowest BCUT2D eigenvalue weighted by Gasteiger charge is -2.21. The summed E-state index contributed by atoms with van der Waals surface area (Å²) in [7, 11) is 0. The van der Waals surface area contributed by atoms with E-state index in [0.29, 0.717) is 16.7 Å². The van der Waals surface area contributed by atoms with Gasteiger partial charge in [0, 0.05) is 17.2 Å². The minimum Gasteiger partial charge on any atom is -0.507 e. The maximum Gasteiger partial charge on any atom is 0.339 e. The monoisotopic (exact) mass is 447 g/mol. The molecule has 2 aromatic carbocycles. The van der Waals surface area contributed by atoms with Crippen LogP contribution in [-0.4, -0.2) is 35.8 Å². The number of halogens is 1. The first-order chi connectivity index (χ1) is 14.2. The number of hydrogen-bond donors (Lipinski definition) is 4. The fourth-order valence-corrected chi connectivity index (χ4v) is 3.51. The number of benzene rings is 2. The predicted molar refractivity (Wildman–Crippen MR) is 111 cm³/mol. The Kier molecular flexibility index (Phi) is 6.01. The van der Waals surface area contributed by atoms with E-state index < -0.39 is 28.9 Å². The van der Waals surface area contributed by atoms with Crippen molar-refractivity contribution in [3.8, 4) is 16.9 Å². The molecule has 1 unspecified atom stereocenters. The van der Waals surface area contributed by atoms with Gasteiger partial charge in [0.15, 0.2) is 0 Å². The van der Waals surface area contributed by atoms with E-state index in [2.05, 4.69) is 4.98 Å². The Bertz CT molecular complexity index is 1170. The van der Waals surface area contributed by atoms with Crippen LogP contribution in [0.2, 0.25) is 5.15 Å². The number of phenols is 1. The van der Waals surface area contributed by atoms with Crippen molar-refractivity contribution in [3.05, 3.63) is 71.0 Å². The van der Waals surface area contributed by atoms with Crippen molar-refractivity contribution in [1.29, 1.82) is 0 Å². The first kappa shape index (κ1) is 21.2. The number of pyridine rings is 1. The van der Waals surface area contributed by atoms with Crippen molar-refractivity contribution in [2.24, 2.45) is 5.73 Å². The fourth-order valence-electron chi connectivity index (χ4n) is 2.72. The van der Waals surface area contributed by atoms with Crippen LogP contribution < -0.4 is 10.0 Å². The molecule has 1 atom stereocenters. The second-order valence-corrected chi connectivity index (χ2v) is 7.19. The Morgan fingerprint density at radius 2 is 1.73 bits per heavy atom. The van der Waals surface area contributed by atoms with Gasteiger partial charge in [-0.2, -0.15) is 0 Å². The molecule has 1 amide bonds. The van der Waals surface area contributed by atoms with Gasteiger partial charge >= 0.3 is 5.97 Å². The van der Waals surface area contributed by atoms with Gasteiger partial charge in [-0.1, -0.05) is 23.7 Å². The number of nitrogens with zero attached hydrogens (tertiary/aromatic N) is 2. The van der Waals surface area contributed by atoms with Crippen LogP contribution in [0.3, 0.4) is 0 Å². The summed E-state index contributed by atoms with van der Waals surface area (Å²) in [6.07, 6.45) is 1.25. The van der Waals surface area contributed by atoms with Crippen LogP contribution in [0.25, 0.3) is 11.1 Å². The molecular weight excluding hydrogens is 434 g/mol. The number of aromatic hydroxyl groups is 1. The van der Waals surface area contributed by atoms with E-state index in [1.54, 1.807) is 12.1 Å². The number of carboxylic acids is 1. The van der Waals surface area contributed by atoms with Crippen molar-refractivity contribution < 1.29 is 28.6 Å². The van der Waals surface area contributed by atoms with Gasteiger partial charge < -0.3 is 15.9 Å². The van der Waals surface area contributed by atoms with Crippen LogP contribution in [0, 0.1) is 0 Å². The summed E-state index contributed by atoms with van der Waals surface area (Å²) >= 11 is 3.60. The highest BCUT2D eigenvalue weighted by molar-refractivity contribution is 7.81. The number of primary amides is 1. The van der Waals surface area contributed by atoms with Crippen molar-refractivity contribution in [3.63, 3.8) is 0 Å². The molecule has 1 aromatic heterocycles. The summed E-state index contributed by atoms with van der Waals surface area (Å²) in [6.45, 7) is 0. The summed E-state index contributed by atoms with van der Waals surface area (Å²) in [5.74, 6) is -2.50. The van der Waals surface area contributed by atoms with E-state index >= 15 is 0 Å². The molecule has 0 fully saturated rings. The Morgan fingerprint density at radius 1 is 1.07 bits per heavy atom. The van der Waals surface area contributed by atoms with E-state index in [1.165, 1.54) is 30.5 Å². The molecule has 0 saturated heterocycles. The molecule has 3 rings (SSSR count). The summed E-state index contributed by atoms with van der Waals surface area (Å²) < 4.78 is 22.7. The fraction of sp³-hybridized carbons (Fsp3) is 0. The van der Waals surface area contributed by atoms with Gasteiger partial charge in [-0.05, 0) is 35.9 Å². The zero-order valence-electron chi connectivity index (χ0n) is 15.0. The lowest BCUT2D eigenvalue weighted by Crippen LogP contribution is -2.19. The number of nitrogens with two attached hydrogens (primary N) is 1. The van der Waals surface area contributed by atoms with Gasteiger partial charge in [0.2, 0.25) is 5.91 Å². The minimum absolute atomic E-state index is 0.0532. The lowest BCUT2D eigenvalue weighted by molar-refractivity contribution is 0.0693. The molecule has 0 aliphatic carbocycles.